The third kappa shape index (κ3) is 3.61. The van der Waals surface area contributed by atoms with Crippen molar-refractivity contribution in [3.05, 3.63) is 0 Å². The highest BCUT2D eigenvalue weighted by Gasteiger charge is 2.45. The summed E-state index contributed by atoms with van der Waals surface area (Å²) in [7, 11) is 0. The van der Waals surface area contributed by atoms with Gasteiger partial charge in [0, 0.05) is 0 Å². The van der Waals surface area contributed by atoms with Crippen molar-refractivity contribution in [2.45, 2.75) is 70.6 Å². The molecule has 2 atom stereocenters. The van der Waals surface area contributed by atoms with Crippen molar-refractivity contribution in [2.24, 2.45) is 5.92 Å². The smallest absolute Gasteiger partial charge is 0.408 e. The number of alkyl carbamates (subject to hydrolysis) is 1. The van der Waals surface area contributed by atoms with Gasteiger partial charge in [-0.25, -0.2) is 4.79 Å². The van der Waals surface area contributed by atoms with Crippen LogP contribution < -0.4 is 10.6 Å². The van der Waals surface area contributed by atoms with Crippen LogP contribution in [0, 0.1) is 5.92 Å². The van der Waals surface area contributed by atoms with Crippen LogP contribution in [0.2, 0.25) is 0 Å². The number of hydrogen-bond acceptors (Lipinski definition) is 3. The molecule has 108 valence electrons. The van der Waals surface area contributed by atoms with E-state index in [4.69, 9.17) is 4.74 Å². The predicted molar refractivity (Wildman–Crippen MR) is 71.7 cm³/mol. The highest BCUT2D eigenvalue weighted by Crippen LogP contribution is 2.30. The van der Waals surface area contributed by atoms with Crippen molar-refractivity contribution >= 4 is 12.0 Å². The Morgan fingerprint density at radius 1 is 1.26 bits per heavy atom. The molecule has 1 aliphatic carbocycles. The van der Waals surface area contributed by atoms with E-state index in [2.05, 4.69) is 10.6 Å². The minimum absolute atomic E-state index is 0.0836. The lowest BCUT2D eigenvalue weighted by Crippen LogP contribution is -2.71. The van der Waals surface area contributed by atoms with Crippen LogP contribution in [0.3, 0.4) is 0 Å². The maximum atomic E-state index is 11.7. The molecule has 0 aromatic rings. The normalized spacial score (nSPS) is 28.3. The van der Waals surface area contributed by atoms with E-state index in [-0.39, 0.29) is 11.9 Å². The summed E-state index contributed by atoms with van der Waals surface area (Å²) in [5.74, 6) is 0.396. The Bertz CT molecular complexity index is 356. The molecular formula is C14H24N2O3. The summed E-state index contributed by atoms with van der Waals surface area (Å²) in [6.07, 6.45) is 5.48. The van der Waals surface area contributed by atoms with Crippen LogP contribution in [-0.2, 0) is 9.53 Å². The Morgan fingerprint density at radius 3 is 2.42 bits per heavy atom. The maximum absolute atomic E-state index is 11.7. The van der Waals surface area contributed by atoms with Crippen LogP contribution in [0.1, 0.15) is 52.9 Å². The third-order valence-electron chi connectivity index (χ3n) is 3.78. The summed E-state index contributed by atoms with van der Waals surface area (Å²) in [5, 5.41) is 5.62. The van der Waals surface area contributed by atoms with E-state index in [0.29, 0.717) is 5.92 Å². The molecule has 2 aliphatic rings. The molecule has 5 heteroatoms. The highest BCUT2D eigenvalue weighted by atomic mass is 16.6. The maximum Gasteiger partial charge on any atom is 0.408 e. The van der Waals surface area contributed by atoms with Crippen LogP contribution in [0.4, 0.5) is 4.79 Å². The summed E-state index contributed by atoms with van der Waals surface area (Å²) < 4.78 is 5.20. The largest absolute Gasteiger partial charge is 0.444 e. The van der Waals surface area contributed by atoms with E-state index < -0.39 is 17.7 Å². The summed E-state index contributed by atoms with van der Waals surface area (Å²) >= 11 is 0. The Hall–Kier alpha value is -1.26. The SMILES string of the molecule is CC(C)(C)OC(=O)N[C@H]1C(=O)N[C@H]1C1CCCCC1. The minimum Gasteiger partial charge on any atom is -0.444 e. The second-order valence-corrected chi connectivity index (χ2v) is 6.56. The lowest BCUT2D eigenvalue weighted by atomic mass is 9.77. The molecule has 0 bridgehead atoms. The molecule has 1 aliphatic heterocycles. The van der Waals surface area contributed by atoms with Gasteiger partial charge in [-0.1, -0.05) is 19.3 Å². The fourth-order valence-corrected chi connectivity index (χ4v) is 2.88. The lowest BCUT2D eigenvalue weighted by molar-refractivity contribution is -0.133. The molecule has 2 rings (SSSR count). The molecule has 0 unspecified atom stereocenters. The average molecular weight is 268 g/mol. The molecule has 5 nitrogen and oxygen atoms in total. The first-order chi connectivity index (χ1) is 8.87. The first-order valence-corrected chi connectivity index (χ1v) is 7.17. The number of β-lactam (4-membered cyclic amide) rings is 1. The number of hydrogen-bond donors (Lipinski definition) is 2. The molecule has 2 N–H and O–H groups in total. The molecule has 2 amide bonds. The van der Waals surface area contributed by atoms with Gasteiger partial charge in [-0.3, -0.25) is 4.79 Å². The van der Waals surface area contributed by atoms with Gasteiger partial charge in [0.1, 0.15) is 11.6 Å². The van der Waals surface area contributed by atoms with Gasteiger partial charge >= 0.3 is 6.09 Å². The summed E-state index contributed by atoms with van der Waals surface area (Å²) in [5.41, 5.74) is -0.537. The summed E-state index contributed by atoms with van der Waals surface area (Å²) in [6, 6.07) is -0.335. The van der Waals surface area contributed by atoms with E-state index in [9.17, 15) is 9.59 Å². The molecule has 1 saturated carbocycles. The second kappa shape index (κ2) is 5.39. The van der Waals surface area contributed by atoms with Gasteiger partial charge < -0.3 is 15.4 Å². The van der Waals surface area contributed by atoms with Gasteiger partial charge in [0.2, 0.25) is 5.91 Å². The minimum atomic E-state index is -0.537. The van der Waals surface area contributed by atoms with Crippen molar-refractivity contribution in [1.82, 2.24) is 10.6 Å². The van der Waals surface area contributed by atoms with Gasteiger partial charge in [-0.05, 0) is 39.5 Å². The van der Waals surface area contributed by atoms with Crippen LogP contribution in [0.25, 0.3) is 0 Å². The molecule has 0 radical (unpaired) electrons. The molecule has 0 aromatic heterocycles. The zero-order chi connectivity index (χ0) is 14.0. The van der Waals surface area contributed by atoms with Crippen LogP contribution in [0.15, 0.2) is 0 Å². The lowest BCUT2D eigenvalue weighted by Gasteiger charge is -2.43. The standard InChI is InChI=1S/C14H24N2O3/c1-14(2,3)19-13(18)16-11-10(15-12(11)17)9-7-5-4-6-8-9/h9-11H,4-8H2,1-3H3,(H,15,17)(H,16,18)/t10-,11+/m0/s1. The predicted octanol–water partition coefficient (Wildman–Crippen LogP) is 1.96. The fraction of sp³-hybridized carbons (Fsp3) is 0.857. The van der Waals surface area contributed by atoms with Gasteiger partial charge in [0.05, 0.1) is 6.04 Å². The van der Waals surface area contributed by atoms with E-state index in [0.717, 1.165) is 12.8 Å². The molecule has 19 heavy (non-hydrogen) atoms. The van der Waals surface area contributed by atoms with Gasteiger partial charge in [0.25, 0.3) is 0 Å². The monoisotopic (exact) mass is 268 g/mol. The number of amides is 2. The zero-order valence-electron chi connectivity index (χ0n) is 12.0. The number of nitrogens with one attached hydrogen (secondary N) is 2. The first-order valence-electron chi connectivity index (χ1n) is 7.17. The average Bonchev–Trinajstić information content (AvgIpc) is 2.32. The van der Waals surface area contributed by atoms with Crippen molar-refractivity contribution in [2.75, 3.05) is 0 Å². The van der Waals surface area contributed by atoms with Crippen LogP contribution in [0.5, 0.6) is 0 Å². The van der Waals surface area contributed by atoms with E-state index in [1.165, 1.54) is 19.3 Å². The van der Waals surface area contributed by atoms with Crippen LogP contribution in [-0.4, -0.2) is 29.7 Å². The van der Waals surface area contributed by atoms with Crippen molar-refractivity contribution < 1.29 is 14.3 Å². The molecule has 1 heterocycles. The Labute approximate surface area is 114 Å². The molecule has 1 saturated heterocycles. The highest BCUT2D eigenvalue weighted by molar-refractivity contribution is 5.92. The number of carbonyl (C=O) groups excluding carboxylic acids is 2. The Morgan fingerprint density at radius 2 is 1.89 bits per heavy atom. The van der Waals surface area contributed by atoms with E-state index in [1.54, 1.807) is 0 Å². The zero-order valence-corrected chi connectivity index (χ0v) is 12.0. The second-order valence-electron chi connectivity index (χ2n) is 6.56. The molecule has 2 fully saturated rings. The quantitative estimate of drug-likeness (QED) is 0.752. The van der Waals surface area contributed by atoms with E-state index in [1.807, 2.05) is 20.8 Å². The van der Waals surface area contributed by atoms with Gasteiger partial charge in [0.15, 0.2) is 0 Å². The topological polar surface area (TPSA) is 67.4 Å². The van der Waals surface area contributed by atoms with Crippen molar-refractivity contribution in [1.29, 1.82) is 0 Å². The van der Waals surface area contributed by atoms with E-state index >= 15 is 0 Å². The van der Waals surface area contributed by atoms with Gasteiger partial charge in [-0.15, -0.1) is 0 Å². The van der Waals surface area contributed by atoms with Crippen molar-refractivity contribution in [3.63, 3.8) is 0 Å². The third-order valence-corrected chi connectivity index (χ3v) is 3.78. The Balaban J connectivity index is 1.87. The summed E-state index contributed by atoms with van der Waals surface area (Å²) in [4.78, 5) is 23.3. The number of carbonyl (C=O) groups is 2. The molecular weight excluding hydrogens is 244 g/mol. The molecule has 0 spiro atoms. The van der Waals surface area contributed by atoms with Gasteiger partial charge in [-0.2, -0.15) is 0 Å². The number of ether oxygens (including phenoxy) is 1. The van der Waals surface area contributed by atoms with Crippen LogP contribution >= 0.6 is 0 Å². The number of rotatable bonds is 2. The summed E-state index contributed by atoms with van der Waals surface area (Å²) in [6.45, 7) is 5.43. The Kier molecular flexibility index (Phi) is 4.02. The van der Waals surface area contributed by atoms with Crippen molar-refractivity contribution in [3.8, 4) is 0 Å². The first kappa shape index (κ1) is 14.2. The fourth-order valence-electron chi connectivity index (χ4n) is 2.88. The molecule has 0 aromatic carbocycles.